The average Bonchev–Trinajstić information content (AvgIpc) is 3.01. The number of carbonyl (C=O) groups is 1. The van der Waals surface area contributed by atoms with Gasteiger partial charge in [-0.25, -0.2) is 9.18 Å². The van der Waals surface area contributed by atoms with Crippen molar-refractivity contribution in [2.75, 3.05) is 0 Å². The van der Waals surface area contributed by atoms with E-state index in [0.717, 1.165) is 21.2 Å². The minimum absolute atomic E-state index is 0.178. The summed E-state index contributed by atoms with van der Waals surface area (Å²) >= 11 is 3.58. The van der Waals surface area contributed by atoms with Gasteiger partial charge in [0.2, 0.25) is 0 Å². The number of aliphatic hydroxyl groups excluding tert-OH is 1. The fourth-order valence-electron chi connectivity index (χ4n) is 2.81. The molecule has 1 heterocycles. The van der Waals surface area contributed by atoms with Gasteiger partial charge in [0.05, 0.1) is 6.61 Å². The Labute approximate surface area is 148 Å². The lowest BCUT2D eigenvalue weighted by atomic mass is 10.1. The number of nitrogens with zero attached hydrogens (tertiary/aromatic N) is 1. The van der Waals surface area contributed by atoms with Gasteiger partial charge < -0.3 is 15.3 Å². The van der Waals surface area contributed by atoms with Gasteiger partial charge >= 0.3 is 6.03 Å². The molecule has 2 aromatic rings. The normalized spacial score (nSPS) is 13.1. The number of amides is 2. The molecule has 0 saturated carbocycles. The molecule has 0 bridgehead atoms. The molecule has 0 fully saturated rings. The Hall–Kier alpha value is -1.92. The van der Waals surface area contributed by atoms with E-state index in [-0.39, 0.29) is 24.7 Å². The zero-order chi connectivity index (χ0) is 17.3. The van der Waals surface area contributed by atoms with Crippen LogP contribution in [0.5, 0.6) is 0 Å². The van der Waals surface area contributed by atoms with Crippen LogP contribution in [0.4, 0.5) is 9.18 Å². The summed E-state index contributed by atoms with van der Waals surface area (Å²) in [5.41, 5.74) is 4.34. The molecule has 2 amide bonds. The fraction of sp³-hybridized carbons (Fsp3) is 0.278. The van der Waals surface area contributed by atoms with Crippen LogP contribution in [0.2, 0.25) is 0 Å². The second-order valence-electron chi connectivity index (χ2n) is 5.93. The molecule has 0 radical (unpaired) electrons. The van der Waals surface area contributed by atoms with Crippen molar-refractivity contribution < 1.29 is 14.3 Å². The second-order valence-corrected chi connectivity index (χ2v) is 6.73. The lowest BCUT2D eigenvalue weighted by Crippen LogP contribution is -2.36. The Morgan fingerprint density at radius 1 is 1.33 bits per heavy atom. The van der Waals surface area contributed by atoms with Crippen molar-refractivity contribution in [2.45, 2.75) is 33.2 Å². The number of fused-ring (bicyclic) bond motifs is 1. The molecule has 3 rings (SSSR count). The molecule has 2 N–H and O–H groups in total. The first-order valence-electron chi connectivity index (χ1n) is 7.67. The summed E-state index contributed by atoms with van der Waals surface area (Å²) in [5, 5.41) is 11.8. The van der Waals surface area contributed by atoms with Gasteiger partial charge in [-0.15, -0.1) is 0 Å². The Kier molecular flexibility index (Phi) is 4.87. The van der Waals surface area contributed by atoms with Gasteiger partial charge in [-0.3, -0.25) is 0 Å². The number of aryl methyl sites for hydroxylation is 1. The summed E-state index contributed by atoms with van der Waals surface area (Å²) in [6, 6.07) is 8.48. The zero-order valence-electron chi connectivity index (χ0n) is 13.3. The number of nitrogens with one attached hydrogen (secondary N) is 1. The quantitative estimate of drug-likeness (QED) is 0.837. The molecule has 126 valence electrons. The van der Waals surface area contributed by atoms with Crippen LogP contribution in [0.3, 0.4) is 0 Å². The van der Waals surface area contributed by atoms with Crippen molar-refractivity contribution in [3.05, 3.63) is 68.4 Å². The summed E-state index contributed by atoms with van der Waals surface area (Å²) < 4.78 is 14.7. The van der Waals surface area contributed by atoms with E-state index in [0.29, 0.717) is 18.7 Å². The van der Waals surface area contributed by atoms with Crippen LogP contribution in [0.25, 0.3) is 0 Å². The van der Waals surface area contributed by atoms with E-state index < -0.39 is 5.82 Å². The molecule has 2 aromatic carbocycles. The Morgan fingerprint density at radius 3 is 2.83 bits per heavy atom. The van der Waals surface area contributed by atoms with Crippen LogP contribution in [0.15, 0.2) is 34.8 Å². The maximum Gasteiger partial charge on any atom is 0.318 e. The lowest BCUT2D eigenvalue weighted by molar-refractivity contribution is 0.198. The first-order chi connectivity index (χ1) is 11.5. The van der Waals surface area contributed by atoms with Crippen molar-refractivity contribution >= 4 is 22.0 Å². The van der Waals surface area contributed by atoms with Gasteiger partial charge in [-0.05, 0) is 35.2 Å². The largest absolute Gasteiger partial charge is 0.392 e. The Morgan fingerprint density at radius 2 is 2.12 bits per heavy atom. The van der Waals surface area contributed by atoms with Gasteiger partial charge in [-0.2, -0.15) is 0 Å². The number of benzene rings is 2. The summed E-state index contributed by atoms with van der Waals surface area (Å²) in [7, 11) is 0. The smallest absolute Gasteiger partial charge is 0.318 e. The molecule has 1 aliphatic rings. The minimum atomic E-state index is -0.461. The third-order valence-corrected chi connectivity index (χ3v) is 5.37. The van der Waals surface area contributed by atoms with Crippen molar-refractivity contribution in [1.29, 1.82) is 0 Å². The maximum atomic E-state index is 13.6. The van der Waals surface area contributed by atoms with Crippen LogP contribution in [-0.4, -0.2) is 16.0 Å². The highest BCUT2D eigenvalue weighted by Crippen LogP contribution is 2.31. The lowest BCUT2D eigenvalue weighted by Gasteiger charge is -2.16. The summed E-state index contributed by atoms with van der Waals surface area (Å²) in [5.74, 6) is -0.461. The molecule has 1 aliphatic heterocycles. The van der Waals surface area contributed by atoms with Crippen LogP contribution >= 0.6 is 15.9 Å². The molecule has 6 heteroatoms. The fourth-order valence-corrected chi connectivity index (χ4v) is 3.32. The van der Waals surface area contributed by atoms with E-state index in [2.05, 4.69) is 21.2 Å². The van der Waals surface area contributed by atoms with Gasteiger partial charge in [0.15, 0.2) is 0 Å². The van der Waals surface area contributed by atoms with E-state index in [4.69, 9.17) is 5.11 Å². The summed E-state index contributed by atoms with van der Waals surface area (Å²) in [6.07, 6.45) is 0. The molecule has 24 heavy (non-hydrogen) atoms. The standard InChI is InChI=1S/C18H18BrFN2O2/c1-11-2-4-13-8-22(9-15(13)17(11)19)18(24)21-7-12-3-5-14(10-23)16(20)6-12/h2-6,23H,7-10H2,1H3,(H,21,24). The predicted octanol–water partition coefficient (Wildman–Crippen LogP) is 3.61. The molecular weight excluding hydrogens is 375 g/mol. The molecule has 0 saturated heterocycles. The third kappa shape index (κ3) is 3.30. The molecular formula is C18H18BrFN2O2. The average molecular weight is 393 g/mol. The summed E-state index contributed by atoms with van der Waals surface area (Å²) in [4.78, 5) is 14.1. The van der Waals surface area contributed by atoms with Crippen LogP contribution in [0, 0.1) is 12.7 Å². The highest BCUT2D eigenvalue weighted by molar-refractivity contribution is 9.10. The van der Waals surface area contributed by atoms with Gasteiger partial charge in [0.1, 0.15) is 5.82 Å². The second kappa shape index (κ2) is 6.91. The van der Waals surface area contributed by atoms with Crippen molar-refractivity contribution in [3.8, 4) is 0 Å². The number of halogens is 2. The van der Waals surface area contributed by atoms with E-state index >= 15 is 0 Å². The van der Waals surface area contributed by atoms with Gasteiger partial charge in [-0.1, -0.05) is 40.2 Å². The van der Waals surface area contributed by atoms with Gasteiger partial charge in [0, 0.05) is 29.7 Å². The third-order valence-electron chi connectivity index (χ3n) is 4.26. The number of carbonyl (C=O) groups excluding carboxylic acids is 1. The van der Waals surface area contributed by atoms with E-state index in [1.807, 2.05) is 19.1 Å². The summed E-state index contributed by atoms with van der Waals surface area (Å²) in [6.45, 7) is 3.06. The van der Waals surface area contributed by atoms with Crippen LogP contribution in [-0.2, 0) is 26.2 Å². The number of urea groups is 1. The number of hydrogen-bond donors (Lipinski definition) is 2. The number of hydrogen-bond acceptors (Lipinski definition) is 2. The molecule has 0 aliphatic carbocycles. The number of aliphatic hydroxyl groups is 1. The minimum Gasteiger partial charge on any atom is -0.392 e. The first-order valence-corrected chi connectivity index (χ1v) is 8.46. The van der Waals surface area contributed by atoms with Gasteiger partial charge in [0.25, 0.3) is 0 Å². The highest BCUT2D eigenvalue weighted by Gasteiger charge is 2.25. The first kappa shape index (κ1) is 16.9. The van der Waals surface area contributed by atoms with Crippen molar-refractivity contribution in [1.82, 2.24) is 10.2 Å². The van der Waals surface area contributed by atoms with Crippen molar-refractivity contribution in [3.63, 3.8) is 0 Å². The monoisotopic (exact) mass is 392 g/mol. The maximum absolute atomic E-state index is 13.6. The number of rotatable bonds is 3. The topological polar surface area (TPSA) is 52.6 Å². The molecule has 0 atom stereocenters. The Bertz CT molecular complexity index is 795. The van der Waals surface area contributed by atoms with E-state index in [1.165, 1.54) is 12.1 Å². The Balaban J connectivity index is 1.63. The highest BCUT2D eigenvalue weighted by atomic mass is 79.9. The van der Waals surface area contributed by atoms with Crippen molar-refractivity contribution in [2.24, 2.45) is 0 Å². The predicted molar refractivity (Wildman–Crippen MR) is 92.7 cm³/mol. The molecule has 0 aromatic heterocycles. The van der Waals surface area contributed by atoms with E-state index in [1.54, 1.807) is 11.0 Å². The molecule has 0 spiro atoms. The molecule has 0 unspecified atom stereocenters. The van der Waals surface area contributed by atoms with E-state index in [9.17, 15) is 9.18 Å². The SMILES string of the molecule is Cc1ccc2c(c1Br)CN(C(=O)NCc1ccc(CO)c(F)c1)C2. The van der Waals surface area contributed by atoms with Crippen LogP contribution < -0.4 is 5.32 Å². The molecule has 4 nitrogen and oxygen atoms in total. The van der Waals surface area contributed by atoms with Crippen LogP contribution in [0.1, 0.15) is 27.8 Å². The zero-order valence-corrected chi connectivity index (χ0v) is 14.9.